The standard InChI is InChI=1S/C24H22N2O2/c1-17-7-6-10-19(13-17)14-22-21-15-20(24(27)28-2)11-12-23(21)26(25-22)16-18-8-4-3-5-9-18/h3-13,15H,14,16H2,1-2H3. The maximum Gasteiger partial charge on any atom is 0.337 e. The van der Waals surface area contributed by atoms with Crippen molar-refractivity contribution in [2.75, 3.05) is 7.11 Å². The third-order valence-corrected chi connectivity index (χ3v) is 4.88. The number of methoxy groups -OCH3 is 1. The zero-order chi connectivity index (χ0) is 19.5. The molecule has 0 fully saturated rings. The molecule has 0 aliphatic heterocycles. The molecule has 0 bridgehead atoms. The molecule has 3 aromatic carbocycles. The predicted molar refractivity (Wildman–Crippen MR) is 111 cm³/mol. The summed E-state index contributed by atoms with van der Waals surface area (Å²) in [5.74, 6) is -0.334. The van der Waals surface area contributed by atoms with E-state index in [0.717, 1.165) is 16.6 Å². The Labute approximate surface area is 164 Å². The molecule has 4 aromatic rings. The number of ether oxygens (including phenoxy) is 1. The Hall–Kier alpha value is -3.40. The highest BCUT2D eigenvalue weighted by molar-refractivity contribution is 5.95. The van der Waals surface area contributed by atoms with Crippen molar-refractivity contribution in [1.82, 2.24) is 9.78 Å². The van der Waals surface area contributed by atoms with Gasteiger partial charge in [0.05, 0.1) is 30.4 Å². The number of carbonyl (C=O) groups is 1. The third-order valence-electron chi connectivity index (χ3n) is 4.88. The number of hydrogen-bond acceptors (Lipinski definition) is 3. The highest BCUT2D eigenvalue weighted by atomic mass is 16.5. The van der Waals surface area contributed by atoms with Crippen molar-refractivity contribution in [3.8, 4) is 0 Å². The number of nitrogens with zero attached hydrogens (tertiary/aromatic N) is 2. The number of benzene rings is 3. The van der Waals surface area contributed by atoms with E-state index in [1.807, 2.05) is 35.0 Å². The Balaban J connectivity index is 1.80. The van der Waals surface area contributed by atoms with E-state index < -0.39 is 0 Å². The second-order valence-electron chi connectivity index (χ2n) is 6.98. The van der Waals surface area contributed by atoms with Crippen LogP contribution < -0.4 is 0 Å². The molecule has 4 heteroatoms. The molecule has 0 aliphatic rings. The van der Waals surface area contributed by atoms with Crippen LogP contribution in [-0.4, -0.2) is 22.9 Å². The molecule has 140 valence electrons. The summed E-state index contributed by atoms with van der Waals surface area (Å²) < 4.78 is 6.91. The molecule has 0 amide bonds. The van der Waals surface area contributed by atoms with Crippen LogP contribution in [0.4, 0.5) is 0 Å². The maximum atomic E-state index is 12.0. The van der Waals surface area contributed by atoms with Crippen LogP contribution >= 0.6 is 0 Å². The van der Waals surface area contributed by atoms with Crippen LogP contribution in [0.1, 0.15) is 32.7 Å². The Morgan fingerprint density at radius 2 is 1.75 bits per heavy atom. The van der Waals surface area contributed by atoms with E-state index in [2.05, 4.69) is 43.3 Å². The topological polar surface area (TPSA) is 44.1 Å². The largest absolute Gasteiger partial charge is 0.465 e. The molecule has 0 aliphatic carbocycles. The van der Waals surface area contributed by atoms with Gasteiger partial charge in [-0.25, -0.2) is 4.79 Å². The molecule has 0 N–H and O–H groups in total. The van der Waals surface area contributed by atoms with Crippen molar-refractivity contribution < 1.29 is 9.53 Å². The molecule has 4 nitrogen and oxygen atoms in total. The number of rotatable bonds is 5. The van der Waals surface area contributed by atoms with Crippen LogP contribution in [0.15, 0.2) is 72.8 Å². The second kappa shape index (κ2) is 7.69. The SMILES string of the molecule is COC(=O)c1ccc2c(c1)c(Cc1cccc(C)c1)nn2Cc1ccccc1. The summed E-state index contributed by atoms with van der Waals surface area (Å²) >= 11 is 0. The van der Waals surface area contributed by atoms with Crippen molar-refractivity contribution in [1.29, 1.82) is 0 Å². The molecule has 0 unspecified atom stereocenters. The van der Waals surface area contributed by atoms with Gasteiger partial charge in [0.1, 0.15) is 0 Å². The lowest BCUT2D eigenvalue weighted by Gasteiger charge is -2.04. The van der Waals surface area contributed by atoms with E-state index >= 15 is 0 Å². The van der Waals surface area contributed by atoms with Crippen LogP contribution in [0.25, 0.3) is 10.9 Å². The first-order valence-electron chi connectivity index (χ1n) is 9.31. The zero-order valence-corrected chi connectivity index (χ0v) is 16.1. The van der Waals surface area contributed by atoms with Crippen molar-refractivity contribution in [3.05, 3.63) is 101 Å². The van der Waals surface area contributed by atoms with E-state index in [4.69, 9.17) is 9.84 Å². The van der Waals surface area contributed by atoms with Gasteiger partial charge < -0.3 is 4.74 Å². The summed E-state index contributed by atoms with van der Waals surface area (Å²) in [5, 5.41) is 5.89. The van der Waals surface area contributed by atoms with Gasteiger partial charge in [-0.05, 0) is 36.2 Å². The predicted octanol–water partition coefficient (Wildman–Crippen LogP) is 4.77. The van der Waals surface area contributed by atoms with Crippen LogP contribution in [-0.2, 0) is 17.7 Å². The summed E-state index contributed by atoms with van der Waals surface area (Å²) in [6, 6.07) is 24.3. The van der Waals surface area contributed by atoms with Crippen molar-refractivity contribution in [3.63, 3.8) is 0 Å². The van der Waals surface area contributed by atoms with Gasteiger partial charge in [0.15, 0.2) is 0 Å². The smallest absolute Gasteiger partial charge is 0.337 e. The third kappa shape index (κ3) is 3.67. The highest BCUT2D eigenvalue weighted by Crippen LogP contribution is 2.24. The van der Waals surface area contributed by atoms with Crippen molar-refractivity contribution in [2.24, 2.45) is 0 Å². The molecule has 0 atom stereocenters. The van der Waals surface area contributed by atoms with E-state index in [1.54, 1.807) is 6.07 Å². The maximum absolute atomic E-state index is 12.0. The molecule has 0 saturated heterocycles. The lowest BCUT2D eigenvalue weighted by atomic mass is 10.0. The summed E-state index contributed by atoms with van der Waals surface area (Å²) in [7, 11) is 1.40. The number of aromatic nitrogens is 2. The van der Waals surface area contributed by atoms with Gasteiger partial charge in [-0.1, -0.05) is 60.2 Å². The summed E-state index contributed by atoms with van der Waals surface area (Å²) in [6.07, 6.45) is 0.713. The molecule has 0 radical (unpaired) electrons. The summed E-state index contributed by atoms with van der Waals surface area (Å²) in [6.45, 7) is 2.77. The normalized spacial score (nSPS) is 10.9. The summed E-state index contributed by atoms with van der Waals surface area (Å²) in [5.41, 5.74) is 6.13. The van der Waals surface area contributed by atoms with Crippen LogP contribution in [0.5, 0.6) is 0 Å². The van der Waals surface area contributed by atoms with Gasteiger partial charge in [-0.15, -0.1) is 0 Å². The zero-order valence-electron chi connectivity index (χ0n) is 16.1. The minimum Gasteiger partial charge on any atom is -0.465 e. The van der Waals surface area contributed by atoms with Crippen LogP contribution in [0.2, 0.25) is 0 Å². The number of fused-ring (bicyclic) bond motifs is 1. The minimum atomic E-state index is -0.334. The van der Waals surface area contributed by atoms with E-state index in [-0.39, 0.29) is 5.97 Å². The fourth-order valence-electron chi connectivity index (χ4n) is 3.51. The minimum absolute atomic E-state index is 0.334. The van der Waals surface area contributed by atoms with Crippen molar-refractivity contribution in [2.45, 2.75) is 19.9 Å². The molecule has 1 heterocycles. The lowest BCUT2D eigenvalue weighted by molar-refractivity contribution is 0.0601. The first kappa shape index (κ1) is 18.0. The first-order valence-corrected chi connectivity index (χ1v) is 9.31. The molecular weight excluding hydrogens is 348 g/mol. The monoisotopic (exact) mass is 370 g/mol. The Kier molecular flexibility index (Phi) is 4.94. The van der Waals surface area contributed by atoms with Crippen LogP contribution in [0.3, 0.4) is 0 Å². The van der Waals surface area contributed by atoms with Crippen molar-refractivity contribution >= 4 is 16.9 Å². The fraction of sp³-hybridized carbons (Fsp3) is 0.167. The Bertz CT molecular complexity index is 1130. The van der Waals surface area contributed by atoms with Crippen LogP contribution in [0, 0.1) is 6.92 Å². The number of esters is 1. The van der Waals surface area contributed by atoms with E-state index in [1.165, 1.54) is 23.8 Å². The van der Waals surface area contributed by atoms with Gasteiger partial charge in [0.2, 0.25) is 0 Å². The second-order valence-corrected chi connectivity index (χ2v) is 6.98. The molecule has 28 heavy (non-hydrogen) atoms. The number of aryl methyl sites for hydroxylation is 1. The molecule has 1 aromatic heterocycles. The molecule has 4 rings (SSSR count). The van der Waals surface area contributed by atoms with Gasteiger partial charge in [0, 0.05) is 11.8 Å². The van der Waals surface area contributed by atoms with Gasteiger partial charge in [-0.3, -0.25) is 4.68 Å². The Morgan fingerprint density at radius 3 is 2.50 bits per heavy atom. The van der Waals surface area contributed by atoms with Gasteiger partial charge >= 0.3 is 5.97 Å². The molecule has 0 spiro atoms. The Morgan fingerprint density at radius 1 is 0.964 bits per heavy atom. The van der Waals surface area contributed by atoms with Gasteiger partial charge in [-0.2, -0.15) is 5.10 Å². The molecular formula is C24H22N2O2. The molecule has 0 saturated carbocycles. The highest BCUT2D eigenvalue weighted by Gasteiger charge is 2.15. The first-order chi connectivity index (χ1) is 13.6. The average molecular weight is 370 g/mol. The number of hydrogen-bond donors (Lipinski definition) is 0. The average Bonchev–Trinajstić information content (AvgIpc) is 3.04. The quantitative estimate of drug-likeness (QED) is 0.475. The number of carbonyl (C=O) groups excluding carboxylic acids is 1. The van der Waals surface area contributed by atoms with Gasteiger partial charge in [0.25, 0.3) is 0 Å². The fourth-order valence-corrected chi connectivity index (χ4v) is 3.51. The van der Waals surface area contributed by atoms with E-state index in [9.17, 15) is 4.79 Å². The summed E-state index contributed by atoms with van der Waals surface area (Å²) in [4.78, 5) is 12.0. The lowest BCUT2D eigenvalue weighted by Crippen LogP contribution is -2.03. The van der Waals surface area contributed by atoms with E-state index in [0.29, 0.717) is 18.5 Å².